The third kappa shape index (κ3) is 2.56. The van der Waals surface area contributed by atoms with E-state index in [2.05, 4.69) is 27.2 Å². The van der Waals surface area contributed by atoms with Gasteiger partial charge >= 0.3 is 0 Å². The summed E-state index contributed by atoms with van der Waals surface area (Å²) in [5, 5.41) is 4.82. The molecule has 0 aromatic carbocycles. The Kier molecular flexibility index (Phi) is 3.41. The zero-order chi connectivity index (χ0) is 17.0. The van der Waals surface area contributed by atoms with Gasteiger partial charge in [-0.25, -0.2) is 4.98 Å². The Morgan fingerprint density at radius 1 is 1.24 bits per heavy atom. The lowest BCUT2D eigenvalue weighted by Gasteiger charge is -2.23. The number of hydrogen-bond acceptors (Lipinski definition) is 5. The van der Waals surface area contributed by atoms with Crippen LogP contribution in [0.15, 0.2) is 22.7 Å². The zero-order valence-corrected chi connectivity index (χ0v) is 14.4. The Morgan fingerprint density at radius 3 is 2.80 bits per heavy atom. The molecular weight excluding hydrogens is 316 g/mol. The van der Waals surface area contributed by atoms with Crippen molar-refractivity contribution < 1.29 is 9.32 Å². The molecule has 2 fully saturated rings. The molecule has 1 aliphatic carbocycles. The van der Waals surface area contributed by atoms with Crippen molar-refractivity contribution in [1.29, 1.82) is 0 Å². The Morgan fingerprint density at radius 2 is 2.04 bits per heavy atom. The third-order valence-electron chi connectivity index (χ3n) is 5.68. The summed E-state index contributed by atoms with van der Waals surface area (Å²) in [5.74, 6) is 0.568. The average molecular weight is 338 g/mol. The Bertz CT molecular complexity index is 860. The third-order valence-corrected chi connectivity index (χ3v) is 5.68. The topological polar surface area (TPSA) is 62.5 Å². The SMILES string of the molecule is Cc1noc2nc(C3CC3)cc(C(=O)N3CCC(N4CC=CC4)C3)c12. The van der Waals surface area contributed by atoms with Crippen LogP contribution in [0.2, 0.25) is 0 Å². The minimum absolute atomic E-state index is 0.0928. The molecule has 1 atom stereocenters. The number of aromatic nitrogens is 2. The van der Waals surface area contributed by atoms with Gasteiger partial charge in [0, 0.05) is 43.8 Å². The molecule has 0 N–H and O–H groups in total. The molecule has 2 aliphatic heterocycles. The summed E-state index contributed by atoms with van der Waals surface area (Å²) >= 11 is 0. The molecule has 0 spiro atoms. The van der Waals surface area contributed by atoms with E-state index in [0.29, 0.717) is 23.2 Å². The van der Waals surface area contributed by atoms with Crippen molar-refractivity contribution in [3.05, 3.63) is 35.2 Å². The lowest BCUT2D eigenvalue weighted by atomic mass is 10.1. The van der Waals surface area contributed by atoms with Gasteiger partial charge in [-0.15, -0.1) is 0 Å². The van der Waals surface area contributed by atoms with Crippen LogP contribution in [-0.2, 0) is 0 Å². The van der Waals surface area contributed by atoms with E-state index in [0.717, 1.165) is 62.2 Å². The molecule has 2 aromatic heterocycles. The first-order valence-corrected chi connectivity index (χ1v) is 9.16. The lowest BCUT2D eigenvalue weighted by molar-refractivity contribution is 0.0782. The van der Waals surface area contributed by atoms with Crippen LogP contribution in [0.1, 0.15) is 46.9 Å². The summed E-state index contributed by atoms with van der Waals surface area (Å²) in [5.41, 5.74) is 2.94. The fourth-order valence-electron chi connectivity index (χ4n) is 4.06. The van der Waals surface area contributed by atoms with Crippen molar-refractivity contribution >= 4 is 17.0 Å². The first-order valence-electron chi connectivity index (χ1n) is 9.16. The van der Waals surface area contributed by atoms with Gasteiger partial charge in [-0.2, -0.15) is 0 Å². The highest BCUT2D eigenvalue weighted by Crippen LogP contribution is 2.40. The van der Waals surface area contributed by atoms with E-state index < -0.39 is 0 Å². The quantitative estimate of drug-likeness (QED) is 0.805. The van der Waals surface area contributed by atoms with Crippen molar-refractivity contribution in [3.8, 4) is 0 Å². The smallest absolute Gasteiger partial charge is 0.259 e. The highest BCUT2D eigenvalue weighted by molar-refractivity contribution is 6.06. The van der Waals surface area contributed by atoms with Crippen LogP contribution in [0.3, 0.4) is 0 Å². The number of fused-ring (bicyclic) bond motifs is 1. The second-order valence-corrected chi connectivity index (χ2v) is 7.44. The van der Waals surface area contributed by atoms with Gasteiger partial charge in [0.2, 0.25) is 0 Å². The van der Waals surface area contributed by atoms with Gasteiger partial charge in [0.15, 0.2) is 0 Å². The molecule has 6 heteroatoms. The van der Waals surface area contributed by atoms with Crippen molar-refractivity contribution in [1.82, 2.24) is 19.9 Å². The molecule has 1 unspecified atom stereocenters. The standard InChI is InChI=1S/C19H22N4O2/c1-12-17-15(10-16(13-4-5-13)20-18(17)25-21-12)19(24)23-9-6-14(11-23)22-7-2-3-8-22/h2-3,10,13-14H,4-9,11H2,1H3. The second-order valence-electron chi connectivity index (χ2n) is 7.44. The van der Waals surface area contributed by atoms with Crippen LogP contribution in [-0.4, -0.2) is 58.1 Å². The normalized spacial score (nSPS) is 23.9. The molecule has 5 rings (SSSR count). The number of pyridine rings is 1. The van der Waals surface area contributed by atoms with E-state index in [1.54, 1.807) is 0 Å². The van der Waals surface area contributed by atoms with Gasteiger partial charge in [0.05, 0.1) is 16.6 Å². The van der Waals surface area contributed by atoms with Crippen LogP contribution in [0.25, 0.3) is 11.1 Å². The maximum absolute atomic E-state index is 13.3. The molecule has 2 aromatic rings. The first-order chi connectivity index (χ1) is 12.2. The summed E-state index contributed by atoms with van der Waals surface area (Å²) in [6, 6.07) is 2.44. The van der Waals surface area contributed by atoms with E-state index in [1.807, 2.05) is 17.9 Å². The maximum atomic E-state index is 13.3. The van der Waals surface area contributed by atoms with E-state index in [-0.39, 0.29) is 5.91 Å². The zero-order valence-electron chi connectivity index (χ0n) is 14.4. The van der Waals surface area contributed by atoms with Crippen LogP contribution in [0, 0.1) is 6.92 Å². The van der Waals surface area contributed by atoms with Crippen LogP contribution in [0.5, 0.6) is 0 Å². The molecule has 1 amide bonds. The second kappa shape index (κ2) is 5.66. The first kappa shape index (κ1) is 15.1. The molecule has 130 valence electrons. The molecule has 6 nitrogen and oxygen atoms in total. The van der Waals surface area contributed by atoms with Gasteiger partial charge in [0.25, 0.3) is 11.6 Å². The minimum Gasteiger partial charge on any atom is -0.337 e. The monoisotopic (exact) mass is 338 g/mol. The molecule has 1 saturated heterocycles. The number of likely N-dealkylation sites (tertiary alicyclic amines) is 1. The van der Waals surface area contributed by atoms with Gasteiger partial charge in [-0.1, -0.05) is 17.3 Å². The average Bonchev–Trinajstić information content (AvgIpc) is 3.03. The number of carbonyl (C=O) groups is 1. The number of aryl methyl sites for hydroxylation is 1. The largest absolute Gasteiger partial charge is 0.337 e. The van der Waals surface area contributed by atoms with Crippen molar-refractivity contribution in [3.63, 3.8) is 0 Å². The van der Waals surface area contributed by atoms with Gasteiger partial charge in [0.1, 0.15) is 0 Å². The summed E-state index contributed by atoms with van der Waals surface area (Å²) in [6.07, 6.45) is 7.75. The summed E-state index contributed by atoms with van der Waals surface area (Å²) < 4.78 is 5.37. The fourth-order valence-corrected chi connectivity index (χ4v) is 4.06. The summed E-state index contributed by atoms with van der Waals surface area (Å²) in [7, 11) is 0. The van der Waals surface area contributed by atoms with Crippen molar-refractivity contribution in [2.24, 2.45) is 0 Å². The maximum Gasteiger partial charge on any atom is 0.259 e. The number of hydrogen-bond donors (Lipinski definition) is 0. The molecule has 0 radical (unpaired) electrons. The Balaban J connectivity index is 1.46. The number of rotatable bonds is 3. The van der Waals surface area contributed by atoms with Gasteiger partial charge in [-0.3, -0.25) is 9.69 Å². The van der Waals surface area contributed by atoms with Gasteiger partial charge in [-0.05, 0) is 32.3 Å². The predicted octanol–water partition coefficient (Wildman–Crippen LogP) is 2.49. The minimum atomic E-state index is 0.0928. The molecule has 0 bridgehead atoms. The van der Waals surface area contributed by atoms with Gasteiger partial charge < -0.3 is 9.42 Å². The van der Waals surface area contributed by atoms with Crippen molar-refractivity contribution in [2.45, 2.75) is 38.1 Å². The van der Waals surface area contributed by atoms with Crippen LogP contribution >= 0.6 is 0 Å². The van der Waals surface area contributed by atoms with E-state index in [1.165, 1.54) is 0 Å². The fraction of sp³-hybridized carbons (Fsp3) is 0.526. The number of amides is 1. The van der Waals surface area contributed by atoms with E-state index >= 15 is 0 Å². The highest BCUT2D eigenvalue weighted by atomic mass is 16.5. The molecule has 1 saturated carbocycles. The molecule has 3 aliphatic rings. The van der Waals surface area contributed by atoms with Crippen molar-refractivity contribution in [2.75, 3.05) is 26.2 Å². The molecule has 25 heavy (non-hydrogen) atoms. The molecule has 4 heterocycles. The van der Waals surface area contributed by atoms with E-state index in [4.69, 9.17) is 4.52 Å². The number of nitrogens with zero attached hydrogens (tertiary/aromatic N) is 4. The Hall–Kier alpha value is -2.21. The predicted molar refractivity (Wildman–Crippen MR) is 93.5 cm³/mol. The van der Waals surface area contributed by atoms with Crippen LogP contribution < -0.4 is 0 Å². The number of carbonyl (C=O) groups excluding carboxylic acids is 1. The summed E-state index contributed by atoms with van der Waals surface area (Å²) in [6.45, 7) is 5.50. The molecular formula is C19H22N4O2. The lowest BCUT2D eigenvalue weighted by Crippen LogP contribution is -2.37. The Labute approximate surface area is 146 Å². The highest BCUT2D eigenvalue weighted by Gasteiger charge is 2.34. The van der Waals surface area contributed by atoms with Crippen LogP contribution in [0.4, 0.5) is 0 Å². The van der Waals surface area contributed by atoms with E-state index in [9.17, 15) is 4.79 Å². The summed E-state index contributed by atoms with van der Waals surface area (Å²) in [4.78, 5) is 22.3.